The fourth-order valence-electron chi connectivity index (χ4n) is 1.81. The standard InChI is InChI=1S/C14H16ClN2O2S2/c1-10(11-2-4-12(15)5-3-11)9-17-21(18,19)14-7-6-13(8-16)20-14/h2-7,10,16-17H,8-9H2,1H3. The maximum Gasteiger partial charge on any atom is 0.250 e. The first kappa shape index (κ1) is 16.5. The third-order valence-electron chi connectivity index (χ3n) is 3.09. The Hall–Kier alpha value is -0.920. The predicted octanol–water partition coefficient (Wildman–Crippen LogP) is 3.27. The molecule has 0 saturated carbocycles. The largest absolute Gasteiger partial charge is 0.252 e. The van der Waals surface area contributed by atoms with Crippen molar-refractivity contribution in [2.45, 2.75) is 23.6 Å². The van der Waals surface area contributed by atoms with Crippen LogP contribution in [0, 0.1) is 0 Å². The number of sulfonamides is 1. The summed E-state index contributed by atoms with van der Waals surface area (Å²) in [6.45, 7) is 2.37. The van der Waals surface area contributed by atoms with Gasteiger partial charge in [-0.25, -0.2) is 13.1 Å². The van der Waals surface area contributed by atoms with Crippen molar-refractivity contribution in [1.82, 2.24) is 10.5 Å². The van der Waals surface area contributed by atoms with Crippen LogP contribution < -0.4 is 10.5 Å². The van der Waals surface area contributed by atoms with Crippen LogP contribution in [-0.2, 0) is 16.6 Å². The van der Waals surface area contributed by atoms with E-state index in [0.29, 0.717) is 11.6 Å². The van der Waals surface area contributed by atoms with Crippen molar-refractivity contribution in [1.29, 1.82) is 0 Å². The maximum atomic E-state index is 12.2. The van der Waals surface area contributed by atoms with Crippen molar-refractivity contribution in [3.63, 3.8) is 0 Å². The van der Waals surface area contributed by atoms with Gasteiger partial charge in [0.2, 0.25) is 10.0 Å². The summed E-state index contributed by atoms with van der Waals surface area (Å²) < 4.78 is 27.2. The molecular formula is C14H16ClN2O2S2. The van der Waals surface area contributed by atoms with Crippen molar-refractivity contribution in [3.8, 4) is 0 Å². The van der Waals surface area contributed by atoms with Gasteiger partial charge in [-0.15, -0.1) is 11.3 Å². The molecule has 4 nitrogen and oxygen atoms in total. The molecule has 1 unspecified atom stereocenters. The molecule has 1 aromatic carbocycles. The van der Waals surface area contributed by atoms with Crippen LogP contribution in [0.25, 0.3) is 0 Å². The molecule has 0 saturated heterocycles. The van der Waals surface area contributed by atoms with Gasteiger partial charge in [-0.1, -0.05) is 30.7 Å². The van der Waals surface area contributed by atoms with Crippen LogP contribution in [-0.4, -0.2) is 15.0 Å². The Morgan fingerprint density at radius 1 is 1.24 bits per heavy atom. The zero-order valence-corrected chi connectivity index (χ0v) is 13.9. The minimum Gasteiger partial charge on any atom is -0.252 e. The van der Waals surface area contributed by atoms with Gasteiger partial charge in [0.05, 0.1) is 0 Å². The average Bonchev–Trinajstić information content (AvgIpc) is 2.95. The number of rotatable bonds is 6. The molecule has 7 heteroatoms. The van der Waals surface area contributed by atoms with E-state index in [1.54, 1.807) is 24.3 Å². The van der Waals surface area contributed by atoms with Crippen molar-refractivity contribution in [3.05, 3.63) is 51.9 Å². The van der Waals surface area contributed by atoms with Gasteiger partial charge >= 0.3 is 0 Å². The van der Waals surface area contributed by atoms with Crippen LogP contribution in [0.4, 0.5) is 0 Å². The highest BCUT2D eigenvalue weighted by molar-refractivity contribution is 7.91. The molecule has 0 bridgehead atoms. The summed E-state index contributed by atoms with van der Waals surface area (Å²) in [5, 5.41) is 0.660. The summed E-state index contributed by atoms with van der Waals surface area (Å²) in [5.74, 6) is 0.0487. The van der Waals surface area contributed by atoms with E-state index in [2.05, 4.69) is 4.72 Å². The number of hydrogen-bond donors (Lipinski definition) is 1. The van der Waals surface area contributed by atoms with Crippen LogP contribution in [0.3, 0.4) is 0 Å². The molecule has 1 radical (unpaired) electrons. The Labute approximate surface area is 134 Å². The number of thiophene rings is 1. The van der Waals surface area contributed by atoms with Crippen molar-refractivity contribution < 1.29 is 8.42 Å². The van der Waals surface area contributed by atoms with E-state index in [1.807, 2.05) is 19.1 Å². The summed E-state index contributed by atoms with van der Waals surface area (Å²) in [5.41, 5.74) is 8.27. The predicted molar refractivity (Wildman–Crippen MR) is 86.2 cm³/mol. The molecule has 2 aromatic rings. The minimum atomic E-state index is -3.50. The highest BCUT2D eigenvalue weighted by atomic mass is 35.5. The van der Waals surface area contributed by atoms with Crippen LogP contribution in [0.5, 0.6) is 0 Å². The molecule has 0 aliphatic heterocycles. The molecule has 0 aliphatic carbocycles. The van der Waals surface area contributed by atoms with Gasteiger partial charge in [-0.2, -0.15) is 0 Å². The van der Waals surface area contributed by atoms with Crippen LogP contribution in [0.2, 0.25) is 5.02 Å². The lowest BCUT2D eigenvalue weighted by atomic mass is 10.0. The SMILES string of the molecule is CC(CNS(=O)(=O)c1ccc(C[NH])s1)c1ccc(Cl)cc1. The molecule has 0 amide bonds. The van der Waals surface area contributed by atoms with Gasteiger partial charge in [0.1, 0.15) is 4.21 Å². The molecule has 1 atom stereocenters. The zero-order chi connectivity index (χ0) is 15.5. The smallest absolute Gasteiger partial charge is 0.250 e. The lowest BCUT2D eigenvalue weighted by Gasteiger charge is -2.13. The third-order valence-corrected chi connectivity index (χ3v) is 6.35. The summed E-state index contributed by atoms with van der Waals surface area (Å²) in [6.07, 6.45) is 0. The van der Waals surface area contributed by atoms with E-state index in [0.717, 1.165) is 21.8 Å². The molecule has 2 N–H and O–H groups in total. The van der Waals surface area contributed by atoms with Gasteiger partial charge in [0, 0.05) is 23.0 Å². The zero-order valence-electron chi connectivity index (χ0n) is 11.5. The van der Waals surface area contributed by atoms with E-state index >= 15 is 0 Å². The molecule has 0 aliphatic rings. The lowest BCUT2D eigenvalue weighted by molar-refractivity contribution is 0.577. The maximum absolute atomic E-state index is 12.2. The first-order chi connectivity index (χ1) is 9.92. The third kappa shape index (κ3) is 4.28. The van der Waals surface area contributed by atoms with Crippen LogP contribution in [0.15, 0.2) is 40.6 Å². The second kappa shape index (κ2) is 6.89. The Morgan fingerprint density at radius 2 is 1.90 bits per heavy atom. The molecule has 0 fully saturated rings. The Morgan fingerprint density at radius 3 is 2.48 bits per heavy atom. The van der Waals surface area contributed by atoms with E-state index in [1.165, 1.54) is 0 Å². The van der Waals surface area contributed by atoms with E-state index < -0.39 is 10.0 Å². The van der Waals surface area contributed by atoms with Crippen molar-refractivity contribution in [2.75, 3.05) is 6.54 Å². The summed E-state index contributed by atoms with van der Waals surface area (Å²) in [4.78, 5) is 0.737. The highest BCUT2D eigenvalue weighted by Gasteiger charge is 2.18. The average molecular weight is 344 g/mol. The molecule has 113 valence electrons. The summed E-state index contributed by atoms with van der Waals surface area (Å²) in [6, 6.07) is 10.6. The van der Waals surface area contributed by atoms with Gasteiger partial charge in [-0.05, 0) is 35.7 Å². The second-order valence-corrected chi connectivity index (χ2v) is 8.30. The first-order valence-electron chi connectivity index (χ1n) is 6.41. The Balaban J connectivity index is 2.02. The van der Waals surface area contributed by atoms with E-state index in [-0.39, 0.29) is 16.7 Å². The summed E-state index contributed by atoms with van der Waals surface area (Å²) >= 11 is 6.97. The highest BCUT2D eigenvalue weighted by Crippen LogP contribution is 2.22. The fraction of sp³-hybridized carbons (Fsp3) is 0.286. The molecule has 2 rings (SSSR count). The number of nitrogens with one attached hydrogen (secondary N) is 2. The van der Waals surface area contributed by atoms with E-state index in [9.17, 15) is 8.42 Å². The topological polar surface area (TPSA) is 70.0 Å². The van der Waals surface area contributed by atoms with Crippen LogP contribution in [0.1, 0.15) is 23.3 Å². The monoisotopic (exact) mass is 343 g/mol. The lowest BCUT2D eigenvalue weighted by Crippen LogP contribution is -2.27. The van der Waals surface area contributed by atoms with Crippen molar-refractivity contribution >= 4 is 33.0 Å². The Bertz CT molecular complexity index is 696. The first-order valence-corrected chi connectivity index (χ1v) is 9.08. The second-order valence-electron chi connectivity index (χ2n) is 4.70. The summed E-state index contributed by atoms with van der Waals surface area (Å²) in [7, 11) is -3.50. The van der Waals surface area contributed by atoms with Crippen molar-refractivity contribution in [2.24, 2.45) is 0 Å². The van der Waals surface area contributed by atoms with Gasteiger partial charge in [0.15, 0.2) is 0 Å². The fourth-order valence-corrected chi connectivity index (χ4v) is 4.34. The minimum absolute atomic E-state index is 0.0487. The number of hydrogen-bond acceptors (Lipinski definition) is 3. The molecule has 21 heavy (non-hydrogen) atoms. The van der Waals surface area contributed by atoms with Gasteiger partial charge < -0.3 is 0 Å². The molecular weight excluding hydrogens is 328 g/mol. The van der Waals surface area contributed by atoms with Gasteiger partial charge in [-0.3, -0.25) is 5.73 Å². The molecule has 1 aromatic heterocycles. The Kier molecular flexibility index (Phi) is 5.40. The van der Waals surface area contributed by atoms with Crippen LogP contribution >= 0.6 is 22.9 Å². The normalized spacial score (nSPS) is 13.3. The quantitative estimate of drug-likeness (QED) is 0.874. The van der Waals surface area contributed by atoms with Gasteiger partial charge in [0.25, 0.3) is 0 Å². The molecule has 0 spiro atoms. The number of halogens is 1. The molecule has 1 heterocycles. The van der Waals surface area contributed by atoms with E-state index in [4.69, 9.17) is 17.3 Å². The number of benzene rings is 1.